The molecule has 8 aromatic rings. The van der Waals surface area contributed by atoms with Gasteiger partial charge in [0.25, 0.3) is 0 Å². The van der Waals surface area contributed by atoms with Gasteiger partial charge in [-0.15, -0.1) is 0 Å². The molecule has 2 amide bonds. The van der Waals surface area contributed by atoms with E-state index >= 15 is 0 Å². The van der Waals surface area contributed by atoms with Crippen molar-refractivity contribution >= 4 is 80.2 Å². The highest BCUT2D eigenvalue weighted by molar-refractivity contribution is 6.34. The summed E-state index contributed by atoms with van der Waals surface area (Å²) < 4.78 is 22.4. The third-order valence-electron chi connectivity index (χ3n) is 10.7. The van der Waals surface area contributed by atoms with Crippen LogP contribution in [0.25, 0.3) is 67.0 Å². The second-order valence-electron chi connectivity index (χ2n) is 17.3. The smallest absolute Gasteiger partial charge is 0.231 e. The molecule has 0 bridgehead atoms. The average molecular weight is 956 g/mol. The Balaban J connectivity index is 0.000000201. The van der Waals surface area contributed by atoms with Gasteiger partial charge in [-0.05, 0) is 73.5 Å². The van der Waals surface area contributed by atoms with Crippen molar-refractivity contribution < 1.29 is 42.6 Å². The van der Waals surface area contributed by atoms with Crippen molar-refractivity contribution in [2.24, 2.45) is 5.41 Å². The molecule has 0 spiro atoms. The van der Waals surface area contributed by atoms with E-state index in [0.717, 1.165) is 28.0 Å². The van der Waals surface area contributed by atoms with Crippen LogP contribution in [0.2, 0.25) is 10.0 Å². The highest BCUT2D eigenvalue weighted by Crippen LogP contribution is 2.44. The van der Waals surface area contributed by atoms with Crippen LogP contribution in [0.15, 0.2) is 118 Å². The number of Topliss-reactive ketones (excluding diaryl/α,β-unsaturated/α-hetero) is 2. The summed E-state index contributed by atoms with van der Waals surface area (Å²) in [6.45, 7) is 10.8. The molecule has 4 aromatic heterocycles. The van der Waals surface area contributed by atoms with Gasteiger partial charge in [0.05, 0.1) is 36.4 Å². The van der Waals surface area contributed by atoms with E-state index < -0.39 is 22.7 Å². The SMILES string of the molecule is COc1ccc(-c2cc3c(NC(C)=O)c(C(=O)C(C)(C)C)oc3nc2-c2ccccc2Cl)cc1.COc1ccc(-c2cc3c(NC(C)=O)c(C(=O)C(C)(C)O)oc3nc2-c2ccccc2Cl)cc1. The van der Waals surface area contributed by atoms with Gasteiger partial charge in [0.15, 0.2) is 11.5 Å². The quantitative estimate of drug-likeness (QED) is 0.105. The van der Waals surface area contributed by atoms with Crippen LogP contribution in [0.5, 0.6) is 11.5 Å². The molecule has 348 valence electrons. The summed E-state index contributed by atoms with van der Waals surface area (Å²) in [5.41, 5.74) is 4.09. The molecule has 15 heteroatoms. The van der Waals surface area contributed by atoms with Crippen molar-refractivity contribution in [2.75, 3.05) is 24.9 Å². The predicted molar refractivity (Wildman–Crippen MR) is 266 cm³/mol. The van der Waals surface area contributed by atoms with Crippen molar-refractivity contribution in [1.29, 1.82) is 0 Å². The first-order chi connectivity index (χ1) is 32.2. The number of pyridine rings is 2. The lowest BCUT2D eigenvalue weighted by molar-refractivity contribution is -0.115. The van der Waals surface area contributed by atoms with Gasteiger partial charge in [0, 0.05) is 51.6 Å². The third kappa shape index (κ3) is 10.2. The fourth-order valence-corrected chi connectivity index (χ4v) is 7.73. The topological polar surface area (TPSA) is 183 Å². The fourth-order valence-electron chi connectivity index (χ4n) is 7.28. The monoisotopic (exact) mass is 954 g/mol. The molecule has 0 fully saturated rings. The molecule has 0 radical (unpaired) electrons. The number of amides is 2. The van der Waals surface area contributed by atoms with E-state index in [9.17, 15) is 24.3 Å². The van der Waals surface area contributed by atoms with Crippen molar-refractivity contribution in [3.8, 4) is 56.3 Å². The van der Waals surface area contributed by atoms with Crippen molar-refractivity contribution in [2.45, 2.75) is 54.1 Å². The molecule has 8 rings (SSSR count). The summed E-state index contributed by atoms with van der Waals surface area (Å²) in [7, 11) is 3.20. The maximum Gasteiger partial charge on any atom is 0.231 e. The number of aliphatic hydroxyl groups is 1. The Morgan fingerprint density at radius 3 is 1.25 bits per heavy atom. The van der Waals surface area contributed by atoms with Crippen LogP contribution in [0.3, 0.4) is 0 Å². The van der Waals surface area contributed by atoms with Gasteiger partial charge in [-0.2, -0.15) is 0 Å². The Morgan fingerprint density at radius 2 is 0.926 bits per heavy atom. The molecule has 4 aromatic carbocycles. The highest BCUT2D eigenvalue weighted by Gasteiger charge is 2.34. The van der Waals surface area contributed by atoms with Crippen LogP contribution in [0.1, 0.15) is 69.6 Å². The van der Waals surface area contributed by atoms with Gasteiger partial charge >= 0.3 is 0 Å². The third-order valence-corrected chi connectivity index (χ3v) is 11.3. The Labute approximate surface area is 402 Å². The van der Waals surface area contributed by atoms with Gasteiger partial charge in [0.1, 0.15) is 28.5 Å². The first-order valence-electron chi connectivity index (χ1n) is 21.3. The summed E-state index contributed by atoms with van der Waals surface area (Å²) in [6.07, 6.45) is 0. The van der Waals surface area contributed by atoms with E-state index in [1.165, 1.54) is 27.7 Å². The number of benzene rings is 4. The molecule has 68 heavy (non-hydrogen) atoms. The zero-order valence-corrected chi connectivity index (χ0v) is 40.3. The number of carbonyl (C=O) groups excluding carboxylic acids is 4. The average Bonchev–Trinajstić information content (AvgIpc) is 3.83. The lowest BCUT2D eigenvalue weighted by atomic mass is 9.88. The zero-order valence-electron chi connectivity index (χ0n) is 38.8. The van der Waals surface area contributed by atoms with Crippen LogP contribution >= 0.6 is 23.2 Å². The summed E-state index contributed by atoms with van der Waals surface area (Å²) in [5, 5.41) is 17.7. The zero-order chi connectivity index (χ0) is 49.2. The van der Waals surface area contributed by atoms with Gasteiger partial charge in [-0.25, -0.2) is 9.97 Å². The molecular formula is C53H48Cl2N4O9. The second kappa shape index (κ2) is 19.5. The van der Waals surface area contributed by atoms with Crippen LogP contribution in [0, 0.1) is 5.41 Å². The molecular weight excluding hydrogens is 908 g/mol. The number of ketones is 2. The minimum atomic E-state index is -1.72. The predicted octanol–water partition coefficient (Wildman–Crippen LogP) is 12.7. The van der Waals surface area contributed by atoms with Crippen LogP contribution < -0.4 is 20.1 Å². The number of aromatic nitrogens is 2. The maximum absolute atomic E-state index is 13.2. The Kier molecular flexibility index (Phi) is 13.9. The maximum atomic E-state index is 13.2. The van der Waals surface area contributed by atoms with Crippen LogP contribution in [-0.2, 0) is 9.59 Å². The van der Waals surface area contributed by atoms with E-state index in [1.807, 2.05) is 91.0 Å². The van der Waals surface area contributed by atoms with Gasteiger partial charge in [-0.3, -0.25) is 19.2 Å². The fraction of sp³-hybridized carbons (Fsp3) is 0.208. The number of nitrogens with one attached hydrogen (secondary N) is 2. The molecule has 0 unspecified atom stereocenters. The first kappa shape index (κ1) is 48.6. The molecule has 0 saturated carbocycles. The molecule has 0 atom stereocenters. The number of carbonyl (C=O) groups is 4. The van der Waals surface area contributed by atoms with Gasteiger partial charge in [0.2, 0.25) is 34.8 Å². The molecule has 0 saturated heterocycles. The van der Waals surface area contributed by atoms with Crippen molar-refractivity contribution in [3.05, 3.63) is 131 Å². The Hall–Kier alpha value is -7.32. The van der Waals surface area contributed by atoms with Gasteiger partial charge < -0.3 is 34.0 Å². The minimum absolute atomic E-state index is 0.0715. The number of halogens is 2. The van der Waals surface area contributed by atoms with Crippen LogP contribution in [-0.4, -0.2) is 58.3 Å². The lowest BCUT2D eigenvalue weighted by Gasteiger charge is -2.15. The van der Waals surface area contributed by atoms with Gasteiger partial charge in [-0.1, -0.05) is 105 Å². The second-order valence-corrected chi connectivity index (χ2v) is 18.1. The number of hydrogen-bond acceptors (Lipinski definition) is 11. The van der Waals surface area contributed by atoms with E-state index in [-0.39, 0.29) is 40.3 Å². The number of rotatable bonds is 11. The molecule has 4 heterocycles. The van der Waals surface area contributed by atoms with E-state index in [4.69, 9.17) is 51.5 Å². The molecule has 3 N–H and O–H groups in total. The number of furan rings is 2. The molecule has 0 aliphatic rings. The number of methoxy groups -OCH3 is 2. The van der Waals surface area contributed by atoms with E-state index in [1.54, 1.807) is 53.2 Å². The van der Waals surface area contributed by atoms with Crippen LogP contribution in [0.4, 0.5) is 11.4 Å². The lowest BCUT2D eigenvalue weighted by Crippen LogP contribution is -2.31. The summed E-state index contributed by atoms with van der Waals surface area (Å²) >= 11 is 13.0. The normalized spacial score (nSPS) is 11.5. The standard InChI is InChI=1S/C27H25ClN2O4.C26H23ClN2O5/c1-15(31)29-23-20-14-19(16-10-12-17(33-5)13-11-16)22(18-8-6-7-9-21(18)28)30-26(20)34-24(23)25(32)27(2,3)4;1-14(30)28-22-19-13-18(15-9-11-16(33-4)12-10-15)21(17-7-5-6-8-20(17)27)29-25(19)34-23(22)24(31)26(2,3)32/h6-14H,1-5H3,(H,29,31);5-13,32H,1-4H3,(H,28,30). The molecule has 13 nitrogen and oxygen atoms in total. The van der Waals surface area contributed by atoms with Crippen molar-refractivity contribution in [1.82, 2.24) is 9.97 Å². The van der Waals surface area contributed by atoms with E-state index in [2.05, 4.69) is 10.6 Å². The minimum Gasteiger partial charge on any atom is -0.497 e. The highest BCUT2D eigenvalue weighted by atomic mass is 35.5. The number of hydrogen-bond donors (Lipinski definition) is 3. The summed E-state index contributed by atoms with van der Waals surface area (Å²) in [5.74, 6) is -0.321. The summed E-state index contributed by atoms with van der Waals surface area (Å²) in [4.78, 5) is 59.6. The Morgan fingerprint density at radius 1 is 0.559 bits per heavy atom. The number of anilines is 2. The number of nitrogens with zero attached hydrogens (tertiary/aromatic N) is 2. The number of ether oxygens (including phenoxy) is 2. The van der Waals surface area contributed by atoms with Crippen molar-refractivity contribution in [3.63, 3.8) is 0 Å². The number of fused-ring (bicyclic) bond motifs is 2. The first-order valence-corrected chi connectivity index (χ1v) is 22.1. The molecule has 0 aliphatic heterocycles. The van der Waals surface area contributed by atoms with E-state index in [0.29, 0.717) is 54.8 Å². The molecule has 0 aliphatic carbocycles. The summed E-state index contributed by atoms with van der Waals surface area (Å²) in [6, 6.07) is 33.3. The Bertz CT molecular complexity index is 3020. The largest absolute Gasteiger partial charge is 0.497 e.